The topological polar surface area (TPSA) is 122 Å². The van der Waals surface area contributed by atoms with Crippen molar-refractivity contribution in [1.29, 1.82) is 0 Å². The standard InChI is InChI=1S/C9H19N3O4S/c10-8(9(13)14)6-17(15,16)12-5-7-1-3-11-4-2-7/h7-8,11-12H,1-6,10H2,(H,13,14). The maximum atomic E-state index is 11.5. The van der Waals surface area contributed by atoms with Gasteiger partial charge in [-0.25, -0.2) is 13.1 Å². The smallest absolute Gasteiger partial charge is 0.321 e. The zero-order chi connectivity index (χ0) is 12.9. The number of aliphatic carboxylic acids is 1. The van der Waals surface area contributed by atoms with Gasteiger partial charge in [0.2, 0.25) is 10.0 Å². The molecular weight excluding hydrogens is 246 g/mol. The van der Waals surface area contributed by atoms with E-state index in [0.29, 0.717) is 12.5 Å². The van der Waals surface area contributed by atoms with Crippen LogP contribution in [0.25, 0.3) is 0 Å². The highest BCUT2D eigenvalue weighted by atomic mass is 32.2. The third-order valence-electron chi connectivity index (χ3n) is 2.77. The first kappa shape index (κ1) is 14.4. The highest BCUT2D eigenvalue weighted by Gasteiger charge is 2.22. The van der Waals surface area contributed by atoms with E-state index in [-0.39, 0.29) is 0 Å². The van der Waals surface area contributed by atoms with E-state index >= 15 is 0 Å². The van der Waals surface area contributed by atoms with Gasteiger partial charge >= 0.3 is 5.97 Å². The van der Waals surface area contributed by atoms with Crippen LogP contribution < -0.4 is 15.8 Å². The Bertz CT molecular complexity index is 351. The molecule has 0 saturated carbocycles. The van der Waals surface area contributed by atoms with E-state index in [9.17, 15) is 13.2 Å². The van der Waals surface area contributed by atoms with Crippen molar-refractivity contribution in [3.63, 3.8) is 0 Å². The average molecular weight is 265 g/mol. The first-order chi connectivity index (χ1) is 7.91. The van der Waals surface area contributed by atoms with Crippen molar-refractivity contribution in [2.24, 2.45) is 11.7 Å². The summed E-state index contributed by atoms with van der Waals surface area (Å²) in [6.45, 7) is 2.14. The highest BCUT2D eigenvalue weighted by molar-refractivity contribution is 7.89. The lowest BCUT2D eigenvalue weighted by atomic mass is 9.99. The fraction of sp³-hybridized carbons (Fsp3) is 0.889. The van der Waals surface area contributed by atoms with Gasteiger partial charge in [-0.3, -0.25) is 4.79 Å². The molecule has 0 amide bonds. The number of carboxylic acids is 1. The summed E-state index contributed by atoms with van der Waals surface area (Å²) in [5, 5.41) is 11.7. The molecule has 8 heteroatoms. The molecule has 5 N–H and O–H groups in total. The molecule has 7 nitrogen and oxygen atoms in total. The van der Waals surface area contributed by atoms with Gasteiger partial charge in [0.1, 0.15) is 6.04 Å². The summed E-state index contributed by atoms with van der Waals surface area (Å²) in [6.07, 6.45) is 1.85. The van der Waals surface area contributed by atoms with Crippen LogP contribution >= 0.6 is 0 Å². The van der Waals surface area contributed by atoms with E-state index in [1.165, 1.54) is 0 Å². The van der Waals surface area contributed by atoms with Gasteiger partial charge in [0.05, 0.1) is 5.75 Å². The van der Waals surface area contributed by atoms with Gasteiger partial charge in [-0.2, -0.15) is 0 Å². The maximum Gasteiger partial charge on any atom is 0.321 e. The lowest BCUT2D eigenvalue weighted by Gasteiger charge is -2.22. The lowest BCUT2D eigenvalue weighted by Crippen LogP contribution is -2.43. The van der Waals surface area contributed by atoms with Crippen LogP contribution in [-0.2, 0) is 14.8 Å². The van der Waals surface area contributed by atoms with Crippen molar-refractivity contribution >= 4 is 16.0 Å². The normalized spacial score (nSPS) is 20.1. The number of hydrogen-bond donors (Lipinski definition) is 4. The van der Waals surface area contributed by atoms with Crippen LogP contribution in [0.15, 0.2) is 0 Å². The molecule has 1 aliphatic heterocycles. The van der Waals surface area contributed by atoms with Crippen molar-refractivity contribution < 1.29 is 18.3 Å². The molecule has 1 heterocycles. The Morgan fingerprint density at radius 2 is 2.06 bits per heavy atom. The SMILES string of the molecule is NC(CS(=O)(=O)NCC1CCNCC1)C(=O)O. The summed E-state index contributed by atoms with van der Waals surface area (Å²) in [5.74, 6) is -1.57. The number of carboxylic acid groups (broad SMARTS) is 1. The van der Waals surface area contributed by atoms with E-state index in [4.69, 9.17) is 10.8 Å². The Morgan fingerprint density at radius 3 is 2.59 bits per heavy atom. The largest absolute Gasteiger partial charge is 0.480 e. The Hall–Kier alpha value is -0.700. The fourth-order valence-electron chi connectivity index (χ4n) is 1.70. The molecule has 100 valence electrons. The molecule has 1 unspecified atom stereocenters. The van der Waals surface area contributed by atoms with Crippen LogP contribution in [0.5, 0.6) is 0 Å². The summed E-state index contributed by atoms with van der Waals surface area (Å²) >= 11 is 0. The van der Waals surface area contributed by atoms with Crippen LogP contribution in [0, 0.1) is 5.92 Å². The summed E-state index contributed by atoms with van der Waals surface area (Å²) in [5.41, 5.74) is 5.18. The van der Waals surface area contributed by atoms with Crippen LogP contribution in [0.2, 0.25) is 0 Å². The Kier molecular flexibility index (Phi) is 5.31. The molecule has 1 saturated heterocycles. The second-order valence-corrected chi connectivity index (χ2v) is 6.12. The van der Waals surface area contributed by atoms with Crippen LogP contribution in [0.4, 0.5) is 0 Å². The number of nitrogens with one attached hydrogen (secondary N) is 2. The van der Waals surface area contributed by atoms with E-state index in [1.807, 2.05) is 0 Å². The molecule has 1 rings (SSSR count). The fourth-order valence-corrected chi connectivity index (χ4v) is 2.92. The summed E-state index contributed by atoms with van der Waals surface area (Å²) in [4.78, 5) is 10.5. The number of nitrogens with two attached hydrogens (primary N) is 1. The maximum absolute atomic E-state index is 11.5. The van der Waals surface area contributed by atoms with Crippen molar-refractivity contribution in [2.45, 2.75) is 18.9 Å². The van der Waals surface area contributed by atoms with Crippen LogP contribution in [0.3, 0.4) is 0 Å². The van der Waals surface area contributed by atoms with Crippen molar-refractivity contribution in [2.75, 3.05) is 25.4 Å². The van der Waals surface area contributed by atoms with Crippen molar-refractivity contribution in [3.8, 4) is 0 Å². The van der Waals surface area contributed by atoms with Gasteiger partial charge < -0.3 is 16.2 Å². The van der Waals surface area contributed by atoms with Gasteiger partial charge in [0.25, 0.3) is 0 Å². The number of piperidine rings is 1. The highest BCUT2D eigenvalue weighted by Crippen LogP contribution is 2.10. The number of hydrogen-bond acceptors (Lipinski definition) is 5. The molecule has 1 atom stereocenters. The van der Waals surface area contributed by atoms with Gasteiger partial charge in [0, 0.05) is 6.54 Å². The van der Waals surface area contributed by atoms with E-state index in [0.717, 1.165) is 25.9 Å². The number of carbonyl (C=O) groups is 1. The molecule has 0 aliphatic carbocycles. The molecule has 0 radical (unpaired) electrons. The third kappa shape index (κ3) is 5.44. The molecule has 0 spiro atoms. The van der Waals surface area contributed by atoms with Crippen molar-refractivity contribution in [3.05, 3.63) is 0 Å². The molecular formula is C9H19N3O4S. The molecule has 1 fully saturated rings. The van der Waals surface area contributed by atoms with E-state index < -0.39 is 27.8 Å². The summed E-state index contributed by atoms with van der Waals surface area (Å²) < 4.78 is 25.5. The van der Waals surface area contributed by atoms with Crippen LogP contribution in [-0.4, -0.2) is 50.9 Å². The van der Waals surface area contributed by atoms with Gasteiger partial charge in [-0.1, -0.05) is 0 Å². The predicted molar refractivity (Wildman–Crippen MR) is 63.0 cm³/mol. The monoisotopic (exact) mass is 265 g/mol. The van der Waals surface area contributed by atoms with Gasteiger partial charge in [-0.05, 0) is 31.8 Å². The lowest BCUT2D eigenvalue weighted by molar-refractivity contribution is -0.137. The van der Waals surface area contributed by atoms with Gasteiger partial charge in [-0.15, -0.1) is 0 Å². The second-order valence-electron chi connectivity index (χ2n) is 4.27. The molecule has 0 aromatic heterocycles. The zero-order valence-corrected chi connectivity index (χ0v) is 10.4. The Labute approximate surface area is 101 Å². The Balaban J connectivity index is 2.35. The quantitative estimate of drug-likeness (QED) is 0.455. The first-order valence-electron chi connectivity index (χ1n) is 5.57. The minimum absolute atomic E-state index is 0.312. The Morgan fingerprint density at radius 1 is 1.47 bits per heavy atom. The van der Waals surface area contributed by atoms with Crippen molar-refractivity contribution in [1.82, 2.24) is 10.0 Å². The summed E-state index contributed by atoms with van der Waals surface area (Å²) in [6, 6.07) is -1.37. The van der Waals surface area contributed by atoms with E-state index in [1.54, 1.807) is 0 Å². The first-order valence-corrected chi connectivity index (χ1v) is 7.22. The molecule has 17 heavy (non-hydrogen) atoms. The molecule has 0 aromatic rings. The number of sulfonamides is 1. The van der Waals surface area contributed by atoms with E-state index in [2.05, 4.69) is 10.0 Å². The molecule has 0 bridgehead atoms. The van der Waals surface area contributed by atoms with Gasteiger partial charge in [0.15, 0.2) is 0 Å². The minimum atomic E-state index is -3.60. The molecule has 1 aliphatic rings. The summed E-state index contributed by atoms with van der Waals surface area (Å²) in [7, 11) is -3.60. The zero-order valence-electron chi connectivity index (χ0n) is 9.55. The minimum Gasteiger partial charge on any atom is -0.480 e. The van der Waals surface area contributed by atoms with Crippen LogP contribution in [0.1, 0.15) is 12.8 Å². The third-order valence-corrected chi connectivity index (χ3v) is 4.17. The average Bonchev–Trinajstić information content (AvgIpc) is 2.27. The second kappa shape index (κ2) is 6.29. The molecule has 0 aromatic carbocycles. The predicted octanol–water partition coefficient (Wildman–Crippen LogP) is -1.68. The number of rotatable bonds is 6.